The molecule has 0 fully saturated rings. The molecule has 19 heavy (non-hydrogen) atoms. The van der Waals surface area contributed by atoms with E-state index in [9.17, 15) is 4.79 Å². The lowest BCUT2D eigenvalue weighted by atomic mass is 10.1. The molecule has 0 bridgehead atoms. The minimum atomic E-state index is -0.0464. The lowest BCUT2D eigenvalue weighted by molar-refractivity contribution is -0.121. The molecule has 0 spiro atoms. The molecule has 1 aromatic rings. The Labute approximate surface area is 112 Å². The Hall–Kier alpha value is -2.54. The van der Waals surface area contributed by atoms with E-state index in [0.29, 0.717) is 12.8 Å². The van der Waals surface area contributed by atoms with Crippen molar-refractivity contribution in [1.82, 2.24) is 5.43 Å². The van der Waals surface area contributed by atoms with Crippen LogP contribution in [0.1, 0.15) is 18.4 Å². The third-order valence-corrected chi connectivity index (χ3v) is 2.62. The number of carbonyl (C=O) groups is 1. The Morgan fingerprint density at radius 1 is 1.37 bits per heavy atom. The second-order valence-corrected chi connectivity index (χ2v) is 4.00. The molecule has 0 saturated heterocycles. The zero-order valence-corrected chi connectivity index (χ0v) is 10.4. The quantitative estimate of drug-likeness (QED) is 0.835. The molecule has 0 unspecified atom stereocenters. The summed E-state index contributed by atoms with van der Waals surface area (Å²) in [4.78, 5) is 11.0. The molecule has 96 valence electrons. The number of hydrogen-bond donors (Lipinski definition) is 1. The number of para-hydroxylation sites is 1. The first kappa shape index (κ1) is 12.9. The van der Waals surface area contributed by atoms with Crippen molar-refractivity contribution in [2.75, 3.05) is 6.61 Å². The van der Waals surface area contributed by atoms with Gasteiger partial charge in [0.2, 0.25) is 5.91 Å². The van der Waals surface area contributed by atoms with Crippen LogP contribution in [0.25, 0.3) is 6.08 Å². The first-order chi connectivity index (χ1) is 9.29. The van der Waals surface area contributed by atoms with Crippen molar-refractivity contribution in [1.29, 1.82) is 0 Å². The van der Waals surface area contributed by atoms with E-state index in [1.807, 2.05) is 36.4 Å². The van der Waals surface area contributed by atoms with Gasteiger partial charge >= 0.3 is 0 Å². The van der Waals surface area contributed by atoms with Crippen LogP contribution >= 0.6 is 0 Å². The molecule has 0 aliphatic carbocycles. The van der Waals surface area contributed by atoms with Crippen LogP contribution in [0.15, 0.2) is 35.4 Å². The predicted molar refractivity (Wildman–Crippen MR) is 74.6 cm³/mol. The topological polar surface area (TPSA) is 50.7 Å². The van der Waals surface area contributed by atoms with Gasteiger partial charge in [-0.05, 0) is 18.2 Å². The van der Waals surface area contributed by atoms with Gasteiger partial charge in [0.25, 0.3) is 0 Å². The van der Waals surface area contributed by atoms with E-state index >= 15 is 0 Å². The molecular weight excluding hydrogens is 240 g/mol. The van der Waals surface area contributed by atoms with Gasteiger partial charge in [0, 0.05) is 18.4 Å². The summed E-state index contributed by atoms with van der Waals surface area (Å²) in [6.07, 6.45) is 10.1. The summed E-state index contributed by atoms with van der Waals surface area (Å²) in [7, 11) is 0. The molecule has 1 N–H and O–H groups in total. The van der Waals surface area contributed by atoms with Crippen molar-refractivity contribution in [3.63, 3.8) is 0 Å². The zero-order chi connectivity index (χ0) is 13.5. The van der Waals surface area contributed by atoms with Crippen LogP contribution in [0.3, 0.4) is 0 Å². The number of terminal acetylenes is 1. The van der Waals surface area contributed by atoms with E-state index in [1.54, 1.807) is 0 Å². The van der Waals surface area contributed by atoms with E-state index in [2.05, 4.69) is 16.4 Å². The van der Waals surface area contributed by atoms with E-state index in [1.165, 1.54) is 0 Å². The van der Waals surface area contributed by atoms with Crippen molar-refractivity contribution < 1.29 is 9.53 Å². The number of carbonyl (C=O) groups excluding carboxylic acids is 1. The minimum Gasteiger partial charge on any atom is -0.480 e. The number of nitrogens with zero attached hydrogens (tertiary/aromatic N) is 1. The first-order valence-electron chi connectivity index (χ1n) is 5.98. The SMILES string of the molecule is C#CCOc1ccccc1C=CC1=NNC(=O)CC1. The van der Waals surface area contributed by atoms with Crippen LogP contribution in [0, 0.1) is 12.3 Å². The lowest BCUT2D eigenvalue weighted by Gasteiger charge is -2.09. The number of hydrazone groups is 1. The normalized spacial score (nSPS) is 14.7. The second-order valence-electron chi connectivity index (χ2n) is 4.00. The monoisotopic (exact) mass is 254 g/mol. The van der Waals surface area contributed by atoms with E-state index < -0.39 is 0 Å². The Morgan fingerprint density at radius 2 is 2.21 bits per heavy atom. The van der Waals surface area contributed by atoms with Crippen molar-refractivity contribution in [2.24, 2.45) is 5.10 Å². The number of ether oxygens (including phenoxy) is 1. The van der Waals surface area contributed by atoms with E-state index in [-0.39, 0.29) is 12.5 Å². The van der Waals surface area contributed by atoms with Gasteiger partial charge in [-0.25, -0.2) is 5.43 Å². The maximum absolute atomic E-state index is 11.0. The van der Waals surface area contributed by atoms with Gasteiger partial charge in [0.15, 0.2) is 0 Å². The average molecular weight is 254 g/mol. The molecule has 1 aliphatic heterocycles. The van der Waals surface area contributed by atoms with E-state index in [0.717, 1.165) is 17.0 Å². The number of nitrogens with one attached hydrogen (secondary N) is 1. The molecule has 0 radical (unpaired) electrons. The highest BCUT2D eigenvalue weighted by Gasteiger charge is 2.08. The molecule has 0 aromatic heterocycles. The summed E-state index contributed by atoms with van der Waals surface area (Å²) in [5.41, 5.74) is 4.22. The number of amides is 1. The Balaban J connectivity index is 2.10. The van der Waals surface area contributed by atoms with Gasteiger partial charge in [0.1, 0.15) is 12.4 Å². The number of hydrogen-bond acceptors (Lipinski definition) is 3. The Bertz CT molecular complexity index is 568. The molecule has 0 atom stereocenters. The van der Waals surface area contributed by atoms with Crippen LogP contribution in [0.5, 0.6) is 5.75 Å². The van der Waals surface area contributed by atoms with E-state index in [4.69, 9.17) is 11.2 Å². The van der Waals surface area contributed by atoms with Crippen molar-refractivity contribution in [2.45, 2.75) is 12.8 Å². The largest absolute Gasteiger partial charge is 0.480 e. The molecule has 4 heteroatoms. The van der Waals surface area contributed by atoms with Crippen LogP contribution < -0.4 is 10.2 Å². The van der Waals surface area contributed by atoms with Crippen molar-refractivity contribution in [3.8, 4) is 18.1 Å². The van der Waals surface area contributed by atoms with Gasteiger partial charge in [-0.3, -0.25) is 4.79 Å². The van der Waals surface area contributed by atoms with Gasteiger partial charge < -0.3 is 4.74 Å². The van der Waals surface area contributed by atoms with Gasteiger partial charge in [0.05, 0.1) is 5.71 Å². The molecule has 1 amide bonds. The number of allylic oxidation sites excluding steroid dienone is 1. The highest BCUT2D eigenvalue weighted by molar-refractivity contribution is 6.02. The zero-order valence-electron chi connectivity index (χ0n) is 10.4. The summed E-state index contributed by atoms with van der Waals surface area (Å²) in [6, 6.07) is 7.61. The second kappa shape index (κ2) is 6.41. The molecule has 1 aromatic carbocycles. The maximum Gasteiger partial charge on any atom is 0.240 e. The lowest BCUT2D eigenvalue weighted by Crippen LogP contribution is -2.24. The average Bonchev–Trinajstić information content (AvgIpc) is 2.45. The van der Waals surface area contributed by atoms with Gasteiger partial charge in [-0.2, -0.15) is 5.10 Å². The predicted octanol–water partition coefficient (Wildman–Crippen LogP) is 1.98. The van der Waals surface area contributed by atoms with Gasteiger partial charge in [-0.15, -0.1) is 6.42 Å². The third kappa shape index (κ3) is 3.71. The van der Waals surface area contributed by atoms with Crippen molar-refractivity contribution >= 4 is 17.7 Å². The minimum absolute atomic E-state index is 0.0464. The summed E-state index contributed by atoms with van der Waals surface area (Å²) >= 11 is 0. The standard InChI is InChI=1S/C15H14N2O2/c1-2-11-19-14-6-4-3-5-12(14)7-8-13-9-10-15(18)17-16-13/h1,3-8H,9-11H2,(H,17,18). The summed E-state index contributed by atoms with van der Waals surface area (Å²) in [5.74, 6) is 3.12. The van der Waals surface area contributed by atoms with Crippen LogP contribution in [-0.2, 0) is 4.79 Å². The van der Waals surface area contributed by atoms with Gasteiger partial charge in [-0.1, -0.05) is 24.1 Å². The van der Waals surface area contributed by atoms with Crippen LogP contribution in [0.2, 0.25) is 0 Å². The molecular formula is C15H14N2O2. The summed E-state index contributed by atoms with van der Waals surface area (Å²) < 4.78 is 5.45. The maximum atomic E-state index is 11.0. The fraction of sp³-hybridized carbons (Fsp3) is 0.200. The van der Waals surface area contributed by atoms with Crippen molar-refractivity contribution in [3.05, 3.63) is 35.9 Å². The first-order valence-corrected chi connectivity index (χ1v) is 5.98. The molecule has 1 aliphatic rings. The smallest absolute Gasteiger partial charge is 0.240 e. The molecule has 2 rings (SSSR count). The van der Waals surface area contributed by atoms with Crippen LogP contribution in [0.4, 0.5) is 0 Å². The highest BCUT2D eigenvalue weighted by Crippen LogP contribution is 2.19. The summed E-state index contributed by atoms with van der Waals surface area (Å²) in [5, 5.41) is 3.97. The van der Waals surface area contributed by atoms with Crippen LogP contribution in [-0.4, -0.2) is 18.2 Å². The molecule has 4 nitrogen and oxygen atoms in total. The fourth-order valence-corrected chi connectivity index (χ4v) is 1.66. The Morgan fingerprint density at radius 3 is 2.95 bits per heavy atom. The fourth-order valence-electron chi connectivity index (χ4n) is 1.66. The number of rotatable bonds is 4. The highest BCUT2D eigenvalue weighted by atomic mass is 16.5. The summed E-state index contributed by atoms with van der Waals surface area (Å²) in [6.45, 7) is 0.238. The third-order valence-electron chi connectivity index (χ3n) is 2.62. The number of benzene rings is 1. The Kier molecular flexibility index (Phi) is 4.35. The molecule has 1 heterocycles. The molecule has 0 saturated carbocycles.